The van der Waals surface area contributed by atoms with Crippen LogP contribution in [0.25, 0.3) is 22.3 Å². The summed E-state index contributed by atoms with van der Waals surface area (Å²) in [5, 5.41) is 49.9. The Morgan fingerprint density at radius 2 is 1.62 bits per heavy atom. The second kappa shape index (κ2) is 7.84. The lowest BCUT2D eigenvalue weighted by molar-refractivity contribution is -0.384. The molecule has 3 aromatic carbocycles. The van der Waals surface area contributed by atoms with Crippen LogP contribution in [0.2, 0.25) is 0 Å². The molecule has 4 N–H and O–H groups in total. The number of fused-ring (bicyclic) bond motifs is 1. The predicted octanol–water partition coefficient (Wildman–Crippen LogP) is 3.77. The van der Waals surface area contributed by atoms with Crippen molar-refractivity contribution in [3.05, 3.63) is 80.5 Å². The van der Waals surface area contributed by atoms with Crippen molar-refractivity contribution in [2.24, 2.45) is 0 Å². The summed E-state index contributed by atoms with van der Waals surface area (Å²) in [6.07, 6.45) is 0. The van der Waals surface area contributed by atoms with Gasteiger partial charge in [0.2, 0.25) is 11.2 Å². The maximum absolute atomic E-state index is 13.1. The summed E-state index contributed by atoms with van der Waals surface area (Å²) in [4.78, 5) is 23.4. The van der Waals surface area contributed by atoms with E-state index in [-0.39, 0.29) is 51.8 Å². The van der Waals surface area contributed by atoms with Crippen LogP contribution >= 0.6 is 0 Å². The molecular weight excluding hydrogens is 422 g/mol. The number of rotatable bonds is 5. The first-order chi connectivity index (χ1) is 15.2. The summed E-state index contributed by atoms with van der Waals surface area (Å²) >= 11 is 0. The van der Waals surface area contributed by atoms with Gasteiger partial charge in [-0.2, -0.15) is 0 Å². The van der Waals surface area contributed by atoms with Crippen molar-refractivity contribution < 1.29 is 34.5 Å². The number of nitro benzene ring substituents is 1. The van der Waals surface area contributed by atoms with Gasteiger partial charge in [-0.25, -0.2) is 0 Å². The number of ether oxygens (including phenoxy) is 1. The molecule has 0 bridgehead atoms. The molecule has 0 saturated heterocycles. The highest BCUT2D eigenvalue weighted by molar-refractivity contribution is 5.88. The highest BCUT2D eigenvalue weighted by Gasteiger charge is 2.21. The molecule has 0 amide bonds. The van der Waals surface area contributed by atoms with Gasteiger partial charge in [-0.3, -0.25) is 14.9 Å². The highest BCUT2D eigenvalue weighted by Crippen LogP contribution is 2.38. The van der Waals surface area contributed by atoms with E-state index in [9.17, 15) is 35.3 Å². The fraction of sp³-hybridized carbons (Fsp3) is 0.0455. The van der Waals surface area contributed by atoms with E-state index in [4.69, 9.17) is 9.15 Å². The summed E-state index contributed by atoms with van der Waals surface area (Å²) in [6, 6.07) is 11.3. The lowest BCUT2D eigenvalue weighted by Crippen LogP contribution is -2.10. The first-order valence-corrected chi connectivity index (χ1v) is 9.16. The number of aromatic hydroxyl groups is 4. The van der Waals surface area contributed by atoms with Gasteiger partial charge in [-0.15, -0.1) is 0 Å². The number of phenolic OH excluding ortho intramolecular Hbond substituents is 4. The third-order valence-electron chi connectivity index (χ3n) is 4.69. The van der Waals surface area contributed by atoms with Crippen molar-refractivity contribution in [3.8, 4) is 40.1 Å². The van der Waals surface area contributed by atoms with Crippen molar-refractivity contribution in [2.75, 3.05) is 0 Å². The monoisotopic (exact) mass is 437 g/mol. The zero-order valence-electron chi connectivity index (χ0n) is 16.2. The number of non-ortho nitro benzene ring substituents is 1. The molecular formula is C22H15NO9. The van der Waals surface area contributed by atoms with Gasteiger partial charge in [-0.1, -0.05) is 0 Å². The Morgan fingerprint density at radius 3 is 2.28 bits per heavy atom. The number of hydrogen-bond acceptors (Lipinski definition) is 9. The molecule has 0 radical (unpaired) electrons. The van der Waals surface area contributed by atoms with Crippen LogP contribution < -0.4 is 10.2 Å². The fourth-order valence-corrected chi connectivity index (χ4v) is 3.12. The molecule has 162 valence electrons. The zero-order chi connectivity index (χ0) is 23.0. The molecule has 10 heteroatoms. The second-order valence-corrected chi connectivity index (χ2v) is 6.84. The molecule has 4 rings (SSSR count). The number of benzene rings is 3. The first-order valence-electron chi connectivity index (χ1n) is 9.16. The SMILES string of the molecule is O=c1c(OCc2ccc([N+](=O)[O-])cc2)c(-c2ccc(O)c(O)c2)oc2cc(O)cc(O)c12. The minimum atomic E-state index is -0.742. The van der Waals surface area contributed by atoms with E-state index in [0.29, 0.717) is 5.56 Å². The van der Waals surface area contributed by atoms with Gasteiger partial charge in [0.05, 0.1) is 4.92 Å². The number of hydrogen-bond donors (Lipinski definition) is 4. The summed E-state index contributed by atoms with van der Waals surface area (Å²) in [6.45, 7) is -0.163. The second-order valence-electron chi connectivity index (χ2n) is 6.84. The Labute approximate surface area is 179 Å². The maximum atomic E-state index is 13.1. The summed E-state index contributed by atoms with van der Waals surface area (Å²) in [5.74, 6) is -2.14. The molecule has 0 aliphatic carbocycles. The molecule has 32 heavy (non-hydrogen) atoms. The van der Waals surface area contributed by atoms with E-state index in [1.54, 1.807) is 0 Å². The van der Waals surface area contributed by atoms with Gasteiger partial charge in [0.25, 0.3) is 5.69 Å². The van der Waals surface area contributed by atoms with Gasteiger partial charge in [0.15, 0.2) is 17.3 Å². The van der Waals surface area contributed by atoms with Crippen molar-refractivity contribution in [1.82, 2.24) is 0 Å². The minimum absolute atomic E-state index is 0.107. The normalized spacial score (nSPS) is 10.9. The van der Waals surface area contributed by atoms with Gasteiger partial charge < -0.3 is 29.6 Å². The molecule has 0 spiro atoms. The molecule has 0 unspecified atom stereocenters. The average Bonchev–Trinajstić information content (AvgIpc) is 2.74. The third kappa shape index (κ3) is 3.72. The minimum Gasteiger partial charge on any atom is -0.508 e. The van der Waals surface area contributed by atoms with Crippen LogP contribution in [0, 0.1) is 10.1 Å². The summed E-state index contributed by atoms with van der Waals surface area (Å²) in [5.41, 5.74) is -0.278. The molecule has 0 atom stereocenters. The topological polar surface area (TPSA) is 164 Å². The molecule has 0 aliphatic rings. The van der Waals surface area contributed by atoms with Crippen molar-refractivity contribution >= 4 is 16.7 Å². The molecule has 4 aromatic rings. The summed E-state index contributed by atoms with van der Waals surface area (Å²) in [7, 11) is 0. The van der Waals surface area contributed by atoms with Crippen LogP contribution in [-0.2, 0) is 6.61 Å². The Bertz CT molecular complexity index is 1410. The Balaban J connectivity index is 1.84. The predicted molar refractivity (Wildman–Crippen MR) is 112 cm³/mol. The van der Waals surface area contributed by atoms with E-state index >= 15 is 0 Å². The van der Waals surface area contributed by atoms with E-state index in [2.05, 4.69) is 0 Å². The zero-order valence-corrected chi connectivity index (χ0v) is 16.2. The van der Waals surface area contributed by atoms with Crippen molar-refractivity contribution in [3.63, 3.8) is 0 Å². The lowest BCUT2D eigenvalue weighted by atomic mass is 10.1. The van der Waals surface area contributed by atoms with Gasteiger partial charge in [-0.05, 0) is 35.9 Å². The lowest BCUT2D eigenvalue weighted by Gasteiger charge is -2.13. The van der Waals surface area contributed by atoms with E-state index < -0.39 is 21.9 Å². The summed E-state index contributed by atoms with van der Waals surface area (Å²) < 4.78 is 11.4. The number of phenols is 4. The number of nitro groups is 1. The molecule has 0 aliphatic heterocycles. The van der Waals surface area contributed by atoms with Crippen LogP contribution in [-0.4, -0.2) is 25.3 Å². The van der Waals surface area contributed by atoms with Crippen LogP contribution in [0.1, 0.15) is 5.56 Å². The molecule has 1 aromatic heterocycles. The highest BCUT2D eigenvalue weighted by atomic mass is 16.6. The van der Waals surface area contributed by atoms with Crippen LogP contribution in [0.15, 0.2) is 63.8 Å². The standard InChI is InChI=1S/C22H15NO9/c24-14-8-17(27)19-18(9-14)32-21(12-3-6-15(25)16(26)7-12)22(20(19)28)31-10-11-1-4-13(5-2-11)23(29)30/h1-9,24-27H,10H2. The van der Waals surface area contributed by atoms with Gasteiger partial charge >= 0.3 is 0 Å². The van der Waals surface area contributed by atoms with E-state index in [0.717, 1.165) is 18.2 Å². The average molecular weight is 437 g/mol. The van der Waals surface area contributed by atoms with Gasteiger partial charge in [0.1, 0.15) is 29.1 Å². The molecule has 0 fully saturated rings. The van der Waals surface area contributed by atoms with Crippen molar-refractivity contribution in [1.29, 1.82) is 0 Å². The smallest absolute Gasteiger partial charge is 0.269 e. The Kier molecular flexibility index (Phi) is 5.03. The Hall–Kier alpha value is -4.73. The van der Waals surface area contributed by atoms with Crippen LogP contribution in [0.5, 0.6) is 28.7 Å². The molecule has 0 saturated carbocycles. The van der Waals surface area contributed by atoms with Crippen LogP contribution in [0.4, 0.5) is 5.69 Å². The first kappa shape index (κ1) is 20.5. The van der Waals surface area contributed by atoms with Crippen LogP contribution in [0.3, 0.4) is 0 Å². The largest absolute Gasteiger partial charge is 0.508 e. The quantitative estimate of drug-likeness (QED) is 0.207. The van der Waals surface area contributed by atoms with Crippen molar-refractivity contribution in [2.45, 2.75) is 6.61 Å². The third-order valence-corrected chi connectivity index (χ3v) is 4.69. The maximum Gasteiger partial charge on any atom is 0.269 e. The number of nitrogens with zero attached hydrogens (tertiary/aromatic N) is 1. The Morgan fingerprint density at radius 1 is 0.906 bits per heavy atom. The fourth-order valence-electron chi connectivity index (χ4n) is 3.12. The van der Waals surface area contributed by atoms with E-state index in [1.165, 1.54) is 36.4 Å². The van der Waals surface area contributed by atoms with E-state index in [1.807, 2.05) is 0 Å². The van der Waals surface area contributed by atoms with Gasteiger partial charge in [0, 0.05) is 29.8 Å². The molecule has 10 nitrogen and oxygen atoms in total. The molecule has 1 heterocycles.